The Hall–Kier alpha value is -0.240. The fraction of sp³-hybridized carbons (Fsp3) is 0.250. The first-order chi connectivity index (χ1) is 2.79. The molecule has 0 aromatic heterocycles. The summed E-state index contributed by atoms with van der Waals surface area (Å²) in [6.45, 7) is 0. The highest BCUT2D eigenvalue weighted by Crippen LogP contribution is 2.16. The van der Waals surface area contributed by atoms with Crippen LogP contribution in [-0.4, -0.2) is 5.78 Å². The third-order valence-corrected chi connectivity index (χ3v) is 0.970. The molecule has 0 spiro atoms. The van der Waals surface area contributed by atoms with Crippen LogP contribution in [0.25, 0.3) is 0 Å². The van der Waals surface area contributed by atoms with E-state index in [2.05, 4.69) is 12.6 Å². The first-order valence-electron chi connectivity index (χ1n) is 1.71. The fourth-order valence-corrected chi connectivity index (χ4v) is 0.635. The van der Waals surface area contributed by atoms with E-state index in [0.717, 1.165) is 4.91 Å². The fourth-order valence-electron chi connectivity index (χ4n) is 0.335. The first-order valence-corrected chi connectivity index (χ1v) is 2.16. The van der Waals surface area contributed by atoms with Gasteiger partial charge in [0.15, 0.2) is 5.78 Å². The second kappa shape index (κ2) is 1.12. The van der Waals surface area contributed by atoms with Crippen LogP contribution in [0, 0.1) is 0 Å². The van der Waals surface area contributed by atoms with Gasteiger partial charge >= 0.3 is 0 Å². The van der Waals surface area contributed by atoms with Gasteiger partial charge in [-0.3, -0.25) is 4.79 Å². The van der Waals surface area contributed by atoms with Crippen LogP contribution < -0.4 is 0 Å². The molecule has 2 heteroatoms. The van der Waals surface area contributed by atoms with Crippen molar-refractivity contribution in [2.75, 3.05) is 0 Å². The van der Waals surface area contributed by atoms with Gasteiger partial charge in [0.2, 0.25) is 0 Å². The first kappa shape index (κ1) is 3.93. The van der Waals surface area contributed by atoms with E-state index < -0.39 is 0 Å². The van der Waals surface area contributed by atoms with E-state index in [0.29, 0.717) is 6.42 Å². The lowest BCUT2D eigenvalue weighted by molar-refractivity contribution is -0.115. The summed E-state index contributed by atoms with van der Waals surface area (Å²) in [5.41, 5.74) is 0. The van der Waals surface area contributed by atoms with E-state index in [1.807, 2.05) is 0 Å². The van der Waals surface area contributed by atoms with Crippen molar-refractivity contribution in [3.8, 4) is 0 Å². The van der Waals surface area contributed by atoms with Crippen LogP contribution in [0.1, 0.15) is 6.42 Å². The Labute approximate surface area is 41.5 Å². The summed E-state index contributed by atoms with van der Waals surface area (Å²) in [6, 6.07) is 0. The van der Waals surface area contributed by atoms with Gasteiger partial charge in [-0.2, -0.15) is 0 Å². The zero-order valence-corrected chi connectivity index (χ0v) is 4.03. The molecule has 0 unspecified atom stereocenters. The van der Waals surface area contributed by atoms with Gasteiger partial charge < -0.3 is 0 Å². The molecule has 0 amide bonds. The Kier molecular flexibility index (Phi) is 0.733. The topological polar surface area (TPSA) is 17.1 Å². The largest absolute Gasteiger partial charge is 0.294 e. The molecule has 0 N–H and O–H groups in total. The van der Waals surface area contributed by atoms with Gasteiger partial charge in [0.1, 0.15) is 0 Å². The van der Waals surface area contributed by atoms with Gasteiger partial charge in [-0.1, -0.05) is 0 Å². The van der Waals surface area contributed by atoms with Gasteiger partial charge in [0.05, 0.1) is 0 Å². The Morgan fingerprint density at radius 3 is 2.33 bits per heavy atom. The van der Waals surface area contributed by atoms with E-state index in [1.54, 1.807) is 0 Å². The van der Waals surface area contributed by atoms with Crippen molar-refractivity contribution < 1.29 is 4.79 Å². The predicted molar refractivity (Wildman–Crippen MR) is 26.7 cm³/mol. The Bertz CT molecular complexity index is 115. The highest BCUT2D eigenvalue weighted by Gasteiger charge is 2.09. The van der Waals surface area contributed by atoms with E-state index in [-0.39, 0.29) is 5.78 Å². The summed E-state index contributed by atoms with van der Waals surface area (Å²) in [7, 11) is 0. The standard InChI is InChI=1S/C4H4OS/c5-3-1-4(6)2-3/h1,6H,2H2. The quantitative estimate of drug-likeness (QED) is 0.445. The molecule has 0 radical (unpaired) electrons. The van der Waals surface area contributed by atoms with Crippen molar-refractivity contribution in [3.63, 3.8) is 0 Å². The third-order valence-electron chi connectivity index (χ3n) is 0.683. The van der Waals surface area contributed by atoms with Crippen molar-refractivity contribution in [2.24, 2.45) is 0 Å². The number of ketones is 1. The Morgan fingerprint density at radius 2 is 2.33 bits per heavy atom. The van der Waals surface area contributed by atoms with Crippen molar-refractivity contribution in [3.05, 3.63) is 11.0 Å². The molecule has 0 atom stereocenters. The molecule has 1 aliphatic carbocycles. The van der Waals surface area contributed by atoms with Gasteiger partial charge in [0.25, 0.3) is 0 Å². The van der Waals surface area contributed by atoms with Crippen LogP contribution in [0.4, 0.5) is 0 Å². The number of allylic oxidation sites excluding steroid dienone is 2. The number of thiol groups is 1. The highest BCUT2D eigenvalue weighted by molar-refractivity contribution is 7.84. The third kappa shape index (κ3) is 0.476. The molecular weight excluding hydrogens is 96.1 g/mol. The monoisotopic (exact) mass is 100.0 g/mol. The van der Waals surface area contributed by atoms with E-state index >= 15 is 0 Å². The van der Waals surface area contributed by atoms with Gasteiger partial charge in [0, 0.05) is 6.42 Å². The van der Waals surface area contributed by atoms with Crippen LogP contribution in [-0.2, 0) is 4.79 Å². The van der Waals surface area contributed by atoms with Crippen molar-refractivity contribution in [2.45, 2.75) is 6.42 Å². The van der Waals surface area contributed by atoms with Crippen LogP contribution in [0.3, 0.4) is 0 Å². The normalized spacial score (nSPS) is 19.5. The minimum absolute atomic E-state index is 0.194. The number of hydrogen-bond donors (Lipinski definition) is 1. The number of hydrogen-bond acceptors (Lipinski definition) is 2. The average Bonchev–Trinajstić information content (AvgIpc) is 1.33. The molecule has 0 saturated carbocycles. The summed E-state index contributed by atoms with van der Waals surface area (Å²) in [4.78, 5) is 10.9. The number of rotatable bonds is 0. The molecule has 1 rings (SSSR count). The summed E-state index contributed by atoms with van der Waals surface area (Å²) in [5.74, 6) is 0.194. The minimum Gasteiger partial charge on any atom is -0.294 e. The summed E-state index contributed by atoms with van der Waals surface area (Å²) >= 11 is 3.88. The van der Waals surface area contributed by atoms with Crippen molar-refractivity contribution in [1.82, 2.24) is 0 Å². The van der Waals surface area contributed by atoms with E-state index in [4.69, 9.17) is 0 Å². The molecular formula is C4H4OS. The molecule has 0 aliphatic heterocycles. The maximum atomic E-state index is 9.98. The summed E-state index contributed by atoms with van der Waals surface area (Å²) in [6.07, 6.45) is 2.09. The predicted octanol–water partition coefficient (Wildman–Crippen LogP) is 0.773. The molecule has 0 heterocycles. The van der Waals surface area contributed by atoms with Gasteiger partial charge in [-0.15, -0.1) is 12.6 Å². The molecule has 0 saturated heterocycles. The number of carbonyl (C=O) groups excluding carboxylic acids is 1. The molecule has 0 aromatic rings. The SMILES string of the molecule is O=C1C=C(S)C1. The van der Waals surface area contributed by atoms with Gasteiger partial charge in [-0.25, -0.2) is 0 Å². The summed E-state index contributed by atoms with van der Waals surface area (Å²) < 4.78 is 0. The van der Waals surface area contributed by atoms with Crippen molar-refractivity contribution in [1.29, 1.82) is 0 Å². The maximum Gasteiger partial charge on any atom is 0.161 e. The molecule has 6 heavy (non-hydrogen) atoms. The number of carbonyl (C=O) groups is 1. The molecule has 1 aliphatic rings. The van der Waals surface area contributed by atoms with E-state index in [1.165, 1.54) is 6.08 Å². The average molecular weight is 100 g/mol. The molecule has 32 valence electrons. The zero-order valence-electron chi connectivity index (χ0n) is 3.14. The molecule has 0 bridgehead atoms. The van der Waals surface area contributed by atoms with Crippen LogP contribution >= 0.6 is 12.6 Å². The molecule has 0 fully saturated rings. The van der Waals surface area contributed by atoms with Crippen LogP contribution in [0.2, 0.25) is 0 Å². The lowest BCUT2D eigenvalue weighted by Crippen LogP contribution is -2.02. The van der Waals surface area contributed by atoms with Gasteiger partial charge in [-0.05, 0) is 11.0 Å². The van der Waals surface area contributed by atoms with Crippen LogP contribution in [0.15, 0.2) is 11.0 Å². The maximum absolute atomic E-state index is 9.98. The van der Waals surface area contributed by atoms with Crippen molar-refractivity contribution >= 4 is 18.4 Å². The smallest absolute Gasteiger partial charge is 0.161 e. The highest BCUT2D eigenvalue weighted by atomic mass is 32.1. The zero-order chi connectivity index (χ0) is 4.57. The summed E-state index contributed by atoms with van der Waals surface area (Å²) in [5, 5.41) is 0. The minimum atomic E-state index is 0.194. The Morgan fingerprint density at radius 1 is 1.83 bits per heavy atom. The Balaban J connectivity index is 2.68. The second-order valence-corrected chi connectivity index (χ2v) is 1.85. The lowest BCUT2D eigenvalue weighted by Gasteiger charge is -2.03. The molecule has 1 nitrogen and oxygen atoms in total. The van der Waals surface area contributed by atoms with E-state index in [9.17, 15) is 4.79 Å². The lowest BCUT2D eigenvalue weighted by atomic mass is 10.1. The second-order valence-electron chi connectivity index (χ2n) is 1.28. The van der Waals surface area contributed by atoms with Crippen LogP contribution in [0.5, 0.6) is 0 Å². The molecule has 0 aromatic carbocycles.